The molecule has 3 N–H and O–H groups in total. The highest BCUT2D eigenvalue weighted by Gasteiger charge is 2.41. The summed E-state index contributed by atoms with van der Waals surface area (Å²) in [6.07, 6.45) is 0.582. The van der Waals surface area contributed by atoms with Crippen LogP contribution >= 0.6 is 0 Å². The molecule has 0 radical (unpaired) electrons. The lowest BCUT2D eigenvalue weighted by Crippen LogP contribution is -2.60. The topological polar surface area (TPSA) is 53.2 Å². The summed E-state index contributed by atoms with van der Waals surface area (Å²) in [4.78, 5) is 11.3. The minimum atomic E-state index is -4.36. The third kappa shape index (κ3) is 3.51. The maximum Gasteiger partial charge on any atom is 0.405 e. The average molecular weight is 265 g/mol. The third-order valence-corrected chi connectivity index (χ3v) is 3.73. The summed E-state index contributed by atoms with van der Waals surface area (Å²) < 4.78 is 35.8. The van der Waals surface area contributed by atoms with Gasteiger partial charge in [0.1, 0.15) is 6.54 Å². The van der Waals surface area contributed by atoms with Gasteiger partial charge < -0.3 is 16.0 Å². The normalized spacial score (nSPS) is 26.5. The zero-order chi connectivity index (χ0) is 13.2. The molecule has 0 aromatic carbocycles. The fraction of sp³-hybridized carbons (Fsp3) is 0.909. The Morgan fingerprint density at radius 1 is 1.39 bits per heavy atom. The molecule has 1 aliphatic carbocycles. The molecule has 1 unspecified atom stereocenters. The summed E-state index contributed by atoms with van der Waals surface area (Å²) in [6.45, 7) is -0.473. The molecule has 1 saturated carbocycles. The molecular weight excluding hydrogens is 247 g/mol. The number of urea groups is 1. The molecule has 1 saturated heterocycles. The lowest BCUT2D eigenvalue weighted by molar-refractivity contribution is -0.122. The highest BCUT2D eigenvalue weighted by Crippen LogP contribution is 2.38. The number of hydrogen-bond donors (Lipinski definition) is 3. The number of carbonyl (C=O) groups is 1. The Bertz CT molecular complexity index is 315. The van der Waals surface area contributed by atoms with Gasteiger partial charge in [-0.15, -0.1) is 0 Å². The molecule has 2 fully saturated rings. The van der Waals surface area contributed by atoms with Crippen LogP contribution in [0.4, 0.5) is 18.0 Å². The number of alkyl halides is 3. The van der Waals surface area contributed by atoms with Crippen molar-refractivity contribution < 1.29 is 18.0 Å². The Labute approximate surface area is 104 Å². The van der Waals surface area contributed by atoms with Gasteiger partial charge >= 0.3 is 12.2 Å². The minimum absolute atomic E-state index is 0.0280. The molecule has 1 spiro atoms. The van der Waals surface area contributed by atoms with E-state index in [9.17, 15) is 18.0 Å². The van der Waals surface area contributed by atoms with Crippen molar-refractivity contribution in [2.24, 2.45) is 0 Å². The van der Waals surface area contributed by atoms with Gasteiger partial charge in [0, 0.05) is 11.6 Å². The van der Waals surface area contributed by atoms with Gasteiger partial charge in [0.05, 0.1) is 0 Å². The van der Waals surface area contributed by atoms with Crippen LogP contribution in [-0.2, 0) is 0 Å². The Morgan fingerprint density at radius 3 is 2.67 bits per heavy atom. The second-order valence-electron chi connectivity index (χ2n) is 5.19. The highest BCUT2D eigenvalue weighted by atomic mass is 19.4. The van der Waals surface area contributed by atoms with Crippen molar-refractivity contribution in [2.75, 3.05) is 13.1 Å². The van der Waals surface area contributed by atoms with Gasteiger partial charge in [0.2, 0.25) is 0 Å². The van der Waals surface area contributed by atoms with Crippen LogP contribution in [-0.4, -0.2) is 36.9 Å². The quantitative estimate of drug-likeness (QED) is 0.709. The first kappa shape index (κ1) is 13.5. The largest absolute Gasteiger partial charge is 0.405 e. The summed E-state index contributed by atoms with van der Waals surface area (Å²) in [5, 5.41) is 7.90. The van der Waals surface area contributed by atoms with E-state index < -0.39 is 18.8 Å². The molecule has 4 nitrogen and oxygen atoms in total. The molecule has 0 aromatic heterocycles. The number of halogens is 3. The van der Waals surface area contributed by atoms with Crippen molar-refractivity contribution in [1.82, 2.24) is 16.0 Å². The van der Waals surface area contributed by atoms with Crippen LogP contribution in [0.3, 0.4) is 0 Å². The lowest BCUT2D eigenvalue weighted by Gasteiger charge is -2.48. The van der Waals surface area contributed by atoms with Crippen molar-refractivity contribution >= 4 is 6.03 Å². The van der Waals surface area contributed by atoms with Crippen molar-refractivity contribution in [3.8, 4) is 0 Å². The van der Waals surface area contributed by atoms with E-state index in [4.69, 9.17) is 0 Å². The SMILES string of the molecule is O=C(NCC(F)(F)F)NC1CCNC2(CCC2)C1. The summed E-state index contributed by atoms with van der Waals surface area (Å²) in [6, 6.07) is -0.756. The van der Waals surface area contributed by atoms with Gasteiger partial charge in [-0.25, -0.2) is 4.79 Å². The van der Waals surface area contributed by atoms with Crippen molar-refractivity contribution in [3.63, 3.8) is 0 Å². The number of amides is 2. The van der Waals surface area contributed by atoms with E-state index in [-0.39, 0.29) is 11.6 Å². The Balaban J connectivity index is 1.73. The van der Waals surface area contributed by atoms with Crippen LogP contribution in [0.5, 0.6) is 0 Å². The van der Waals surface area contributed by atoms with Gasteiger partial charge in [-0.1, -0.05) is 0 Å². The fourth-order valence-corrected chi connectivity index (χ4v) is 2.68. The van der Waals surface area contributed by atoms with Crippen LogP contribution < -0.4 is 16.0 Å². The van der Waals surface area contributed by atoms with E-state index in [1.54, 1.807) is 0 Å². The van der Waals surface area contributed by atoms with Gasteiger partial charge in [-0.05, 0) is 38.6 Å². The third-order valence-electron chi connectivity index (χ3n) is 3.73. The monoisotopic (exact) mass is 265 g/mol. The molecule has 2 aliphatic rings. The maximum absolute atomic E-state index is 11.9. The fourth-order valence-electron chi connectivity index (χ4n) is 2.68. The van der Waals surface area contributed by atoms with E-state index in [1.807, 2.05) is 5.32 Å². The molecule has 7 heteroatoms. The molecule has 0 bridgehead atoms. The maximum atomic E-state index is 11.9. The second-order valence-corrected chi connectivity index (χ2v) is 5.19. The van der Waals surface area contributed by atoms with E-state index in [2.05, 4.69) is 10.6 Å². The van der Waals surface area contributed by atoms with Gasteiger partial charge in [0.25, 0.3) is 0 Å². The molecule has 0 aromatic rings. The molecule has 104 valence electrons. The van der Waals surface area contributed by atoms with E-state index >= 15 is 0 Å². The number of nitrogens with one attached hydrogen (secondary N) is 3. The zero-order valence-electron chi connectivity index (χ0n) is 10.1. The Hall–Kier alpha value is -0.980. The molecule has 1 aliphatic heterocycles. The van der Waals surface area contributed by atoms with Crippen LogP contribution in [0.25, 0.3) is 0 Å². The molecule has 2 amide bonds. The van der Waals surface area contributed by atoms with E-state index in [1.165, 1.54) is 6.42 Å². The molecule has 2 rings (SSSR count). The first-order valence-corrected chi connectivity index (χ1v) is 6.25. The summed E-state index contributed by atoms with van der Waals surface area (Å²) in [7, 11) is 0. The van der Waals surface area contributed by atoms with Crippen LogP contribution in [0.1, 0.15) is 32.1 Å². The Kier molecular flexibility index (Phi) is 3.70. The average Bonchev–Trinajstić information content (AvgIpc) is 2.24. The molecule has 18 heavy (non-hydrogen) atoms. The van der Waals surface area contributed by atoms with Crippen molar-refractivity contribution in [1.29, 1.82) is 0 Å². The highest BCUT2D eigenvalue weighted by molar-refractivity contribution is 5.74. The van der Waals surface area contributed by atoms with Crippen LogP contribution in [0.15, 0.2) is 0 Å². The summed E-state index contributed by atoms with van der Waals surface area (Å²) >= 11 is 0. The summed E-state index contributed by atoms with van der Waals surface area (Å²) in [5.74, 6) is 0. The zero-order valence-corrected chi connectivity index (χ0v) is 10.1. The smallest absolute Gasteiger partial charge is 0.335 e. The van der Waals surface area contributed by atoms with Crippen molar-refractivity contribution in [3.05, 3.63) is 0 Å². The lowest BCUT2D eigenvalue weighted by atomic mass is 9.70. The van der Waals surface area contributed by atoms with Crippen molar-refractivity contribution in [2.45, 2.75) is 49.9 Å². The number of carbonyl (C=O) groups excluding carboxylic acids is 1. The van der Waals surface area contributed by atoms with E-state index in [0.717, 1.165) is 32.2 Å². The van der Waals surface area contributed by atoms with Gasteiger partial charge in [0.15, 0.2) is 0 Å². The van der Waals surface area contributed by atoms with E-state index in [0.29, 0.717) is 0 Å². The Morgan fingerprint density at radius 2 is 2.11 bits per heavy atom. The van der Waals surface area contributed by atoms with Crippen LogP contribution in [0.2, 0.25) is 0 Å². The standard InChI is InChI=1S/C11H18F3N3O/c12-11(13,14)7-15-9(18)17-8-2-5-16-10(6-8)3-1-4-10/h8,16H,1-7H2,(H2,15,17,18). The molecule has 1 atom stereocenters. The first-order valence-electron chi connectivity index (χ1n) is 6.25. The first-order chi connectivity index (χ1) is 8.39. The molecule has 1 heterocycles. The predicted octanol–water partition coefficient (Wildman–Crippen LogP) is 1.52. The van der Waals surface area contributed by atoms with Gasteiger partial charge in [-0.3, -0.25) is 0 Å². The number of hydrogen-bond acceptors (Lipinski definition) is 2. The minimum Gasteiger partial charge on any atom is -0.335 e. The molecular formula is C11H18F3N3O. The summed E-state index contributed by atoms with van der Waals surface area (Å²) in [5.41, 5.74) is 0.125. The second kappa shape index (κ2) is 4.95. The number of rotatable bonds is 2. The number of piperidine rings is 1. The predicted molar refractivity (Wildman–Crippen MR) is 60.2 cm³/mol. The van der Waals surface area contributed by atoms with Gasteiger partial charge in [-0.2, -0.15) is 13.2 Å². The van der Waals surface area contributed by atoms with Crippen LogP contribution in [0, 0.1) is 0 Å².